The second kappa shape index (κ2) is 6.61. The molecule has 0 aliphatic heterocycles. The van der Waals surface area contributed by atoms with Gasteiger partial charge in [0, 0.05) is 5.02 Å². The van der Waals surface area contributed by atoms with Crippen LogP contribution in [0.1, 0.15) is 36.0 Å². The highest BCUT2D eigenvalue weighted by Gasteiger charge is 2.20. The van der Waals surface area contributed by atoms with Gasteiger partial charge in [-0.15, -0.1) is 0 Å². The number of nitrogens with one attached hydrogen (secondary N) is 1. The molecule has 5 nitrogen and oxygen atoms in total. The summed E-state index contributed by atoms with van der Waals surface area (Å²) in [4.78, 5) is 22.8. The molecular formula is C14H17ClN2O3. The Labute approximate surface area is 122 Å². The number of primary amides is 1. The van der Waals surface area contributed by atoms with Gasteiger partial charge in [-0.2, -0.15) is 0 Å². The van der Waals surface area contributed by atoms with E-state index < -0.39 is 11.8 Å². The van der Waals surface area contributed by atoms with Gasteiger partial charge in [0.25, 0.3) is 5.91 Å². The van der Waals surface area contributed by atoms with Crippen molar-refractivity contribution in [3.05, 3.63) is 28.8 Å². The van der Waals surface area contributed by atoms with E-state index in [4.69, 9.17) is 22.1 Å². The van der Waals surface area contributed by atoms with E-state index in [0.717, 1.165) is 25.7 Å². The molecule has 3 N–H and O–H groups in total. The number of benzene rings is 1. The average molecular weight is 297 g/mol. The van der Waals surface area contributed by atoms with Crippen LogP contribution in [-0.4, -0.2) is 24.5 Å². The van der Waals surface area contributed by atoms with Crippen LogP contribution in [0.5, 0.6) is 5.75 Å². The normalized spacial score (nSPS) is 15.1. The van der Waals surface area contributed by atoms with Gasteiger partial charge in [-0.25, -0.2) is 0 Å². The fourth-order valence-corrected chi connectivity index (χ4v) is 2.40. The second-order valence-electron chi connectivity index (χ2n) is 4.81. The topological polar surface area (TPSA) is 81.4 Å². The van der Waals surface area contributed by atoms with Crippen LogP contribution < -0.4 is 15.8 Å². The monoisotopic (exact) mass is 296 g/mol. The number of carbonyl (C=O) groups excluding carboxylic acids is 2. The molecule has 0 atom stereocenters. The first kappa shape index (κ1) is 14.7. The minimum absolute atomic E-state index is 0.138. The molecule has 1 aromatic carbocycles. The highest BCUT2D eigenvalue weighted by Crippen LogP contribution is 2.28. The van der Waals surface area contributed by atoms with Crippen molar-refractivity contribution >= 4 is 23.4 Å². The zero-order valence-corrected chi connectivity index (χ0v) is 11.8. The van der Waals surface area contributed by atoms with Crippen LogP contribution in [0.2, 0.25) is 5.02 Å². The van der Waals surface area contributed by atoms with Crippen molar-refractivity contribution in [2.75, 3.05) is 6.54 Å². The maximum atomic E-state index is 12.0. The molecule has 1 aliphatic rings. The Hall–Kier alpha value is -1.75. The summed E-state index contributed by atoms with van der Waals surface area (Å²) in [5.41, 5.74) is 5.33. The predicted octanol–water partition coefficient (Wildman–Crippen LogP) is 1.88. The summed E-state index contributed by atoms with van der Waals surface area (Å²) in [5, 5.41) is 2.88. The Bertz CT molecular complexity index is 513. The highest BCUT2D eigenvalue weighted by atomic mass is 35.5. The molecule has 1 fully saturated rings. The van der Waals surface area contributed by atoms with Gasteiger partial charge in [0.05, 0.1) is 18.2 Å². The molecule has 0 spiro atoms. The van der Waals surface area contributed by atoms with E-state index in [2.05, 4.69) is 5.32 Å². The molecule has 6 heteroatoms. The largest absolute Gasteiger partial charge is 0.490 e. The number of carbonyl (C=O) groups is 2. The van der Waals surface area contributed by atoms with Crippen molar-refractivity contribution in [3.63, 3.8) is 0 Å². The zero-order valence-electron chi connectivity index (χ0n) is 11.0. The summed E-state index contributed by atoms with van der Waals surface area (Å²) < 4.78 is 5.85. The van der Waals surface area contributed by atoms with Gasteiger partial charge >= 0.3 is 0 Å². The lowest BCUT2D eigenvalue weighted by molar-refractivity contribution is -0.117. The van der Waals surface area contributed by atoms with Gasteiger partial charge in [-0.3, -0.25) is 9.59 Å². The first-order chi connectivity index (χ1) is 9.56. The summed E-state index contributed by atoms with van der Waals surface area (Å²) in [6, 6.07) is 4.89. The number of amides is 2. The lowest BCUT2D eigenvalue weighted by atomic mass is 10.1. The average Bonchev–Trinajstić information content (AvgIpc) is 2.91. The Morgan fingerprint density at radius 3 is 2.70 bits per heavy atom. The quantitative estimate of drug-likeness (QED) is 0.870. The SMILES string of the molecule is NC(=O)CNC(=O)c1cc(Cl)ccc1OC1CCCC1. The number of nitrogens with two attached hydrogens (primary N) is 1. The zero-order chi connectivity index (χ0) is 14.5. The van der Waals surface area contributed by atoms with E-state index in [1.54, 1.807) is 12.1 Å². The van der Waals surface area contributed by atoms with Gasteiger partial charge in [-0.05, 0) is 43.9 Å². The van der Waals surface area contributed by atoms with E-state index in [9.17, 15) is 9.59 Å². The van der Waals surface area contributed by atoms with E-state index in [1.807, 2.05) is 0 Å². The predicted molar refractivity (Wildman–Crippen MR) is 75.9 cm³/mol. The third-order valence-electron chi connectivity index (χ3n) is 3.21. The fourth-order valence-electron chi connectivity index (χ4n) is 2.23. The lowest BCUT2D eigenvalue weighted by Gasteiger charge is -2.16. The minimum Gasteiger partial charge on any atom is -0.490 e. The van der Waals surface area contributed by atoms with Gasteiger partial charge in [0.15, 0.2) is 0 Å². The number of ether oxygens (including phenoxy) is 1. The Morgan fingerprint density at radius 2 is 2.05 bits per heavy atom. The Kier molecular flexibility index (Phi) is 4.84. The van der Waals surface area contributed by atoms with E-state index in [-0.39, 0.29) is 12.6 Å². The second-order valence-corrected chi connectivity index (χ2v) is 5.25. The van der Waals surface area contributed by atoms with E-state index >= 15 is 0 Å². The number of hydrogen-bond donors (Lipinski definition) is 2. The van der Waals surface area contributed by atoms with Crippen molar-refractivity contribution in [2.45, 2.75) is 31.8 Å². The lowest BCUT2D eigenvalue weighted by Crippen LogP contribution is -2.33. The van der Waals surface area contributed by atoms with Crippen molar-refractivity contribution in [1.82, 2.24) is 5.32 Å². The van der Waals surface area contributed by atoms with Crippen LogP contribution in [0.15, 0.2) is 18.2 Å². The summed E-state index contributed by atoms with van der Waals surface area (Å²) in [5.74, 6) is -0.527. The van der Waals surface area contributed by atoms with E-state index in [0.29, 0.717) is 16.3 Å². The van der Waals surface area contributed by atoms with Gasteiger partial charge in [0.2, 0.25) is 5.91 Å². The number of hydrogen-bond acceptors (Lipinski definition) is 3. The molecule has 2 amide bonds. The molecule has 1 aromatic rings. The van der Waals surface area contributed by atoms with Crippen molar-refractivity contribution in [1.29, 1.82) is 0 Å². The molecule has 0 aromatic heterocycles. The van der Waals surface area contributed by atoms with Crippen LogP contribution >= 0.6 is 11.6 Å². The minimum atomic E-state index is -0.598. The van der Waals surface area contributed by atoms with Crippen LogP contribution in [0.25, 0.3) is 0 Å². The van der Waals surface area contributed by atoms with Gasteiger partial charge in [0.1, 0.15) is 5.75 Å². The standard InChI is InChI=1S/C14H17ClN2O3/c15-9-5-6-12(20-10-3-1-2-4-10)11(7-9)14(19)17-8-13(16)18/h5-7,10H,1-4,8H2,(H2,16,18)(H,17,19). The van der Waals surface area contributed by atoms with Gasteiger partial charge < -0.3 is 15.8 Å². The third kappa shape index (κ3) is 3.87. The van der Waals surface area contributed by atoms with Crippen molar-refractivity contribution in [2.24, 2.45) is 5.73 Å². The Balaban J connectivity index is 2.14. The van der Waals surface area contributed by atoms with Crippen molar-refractivity contribution < 1.29 is 14.3 Å². The maximum absolute atomic E-state index is 12.0. The number of halogens is 1. The van der Waals surface area contributed by atoms with Gasteiger partial charge in [-0.1, -0.05) is 11.6 Å². The highest BCUT2D eigenvalue weighted by molar-refractivity contribution is 6.31. The summed E-state index contributed by atoms with van der Waals surface area (Å²) in [7, 11) is 0. The summed E-state index contributed by atoms with van der Waals surface area (Å²) >= 11 is 5.91. The molecule has 0 bridgehead atoms. The summed E-state index contributed by atoms with van der Waals surface area (Å²) in [6.07, 6.45) is 4.40. The molecule has 1 aliphatic carbocycles. The Morgan fingerprint density at radius 1 is 1.35 bits per heavy atom. The van der Waals surface area contributed by atoms with Crippen LogP contribution in [0.4, 0.5) is 0 Å². The molecule has 0 heterocycles. The molecule has 20 heavy (non-hydrogen) atoms. The van der Waals surface area contributed by atoms with Crippen LogP contribution in [-0.2, 0) is 4.79 Å². The first-order valence-corrected chi connectivity index (χ1v) is 6.97. The molecule has 1 saturated carbocycles. The molecule has 0 radical (unpaired) electrons. The van der Waals surface area contributed by atoms with Crippen molar-refractivity contribution in [3.8, 4) is 5.75 Å². The molecule has 2 rings (SSSR count). The number of rotatable bonds is 5. The summed E-state index contributed by atoms with van der Waals surface area (Å²) in [6.45, 7) is -0.214. The maximum Gasteiger partial charge on any atom is 0.255 e. The molecule has 0 unspecified atom stereocenters. The molecular weight excluding hydrogens is 280 g/mol. The first-order valence-electron chi connectivity index (χ1n) is 6.59. The molecule has 0 saturated heterocycles. The van der Waals surface area contributed by atoms with E-state index in [1.165, 1.54) is 6.07 Å². The van der Waals surface area contributed by atoms with Crippen LogP contribution in [0.3, 0.4) is 0 Å². The fraction of sp³-hybridized carbons (Fsp3) is 0.429. The smallest absolute Gasteiger partial charge is 0.255 e. The van der Waals surface area contributed by atoms with Crippen LogP contribution in [0, 0.1) is 0 Å². The third-order valence-corrected chi connectivity index (χ3v) is 3.44. The molecule has 108 valence electrons.